The number of aromatic nitrogens is 11. The van der Waals surface area contributed by atoms with Crippen molar-refractivity contribution >= 4 is 130 Å². The number of rotatable bonds is 20. The predicted molar refractivity (Wildman–Crippen MR) is 441 cm³/mol. The number of H-pyrrole nitrogens is 1. The molecule has 0 aliphatic carbocycles. The number of aryl methyl sites for hydroxylation is 1. The standard InChI is InChI=1S/C14H24N3O4P.C13H21IN3O4P.C13H22N3O4P.C13H22N3O3PS.C12H21N4O4P/c1-8-7-17(14(20)16-12(8)15)13-11(19)10(18)9(21-13)5-6-22(2,3)4;1-22(2,3)5-4-8-9(18)10(19)12(21-8)17-6-7(14)11(15)16-13(17)20;1-21(2,3)5-4-8-9(17)10(18)11(20-8)7-6-15-13(14)16-12(7)19;1-20(2,3)7-5-8-10(17)11(18)12(19-8)16-6-4-9(14)15-13(16)21;1-21(2,3)5-4-7-9(17)10(18)11(20-7)16-12(19)15-8(13)6-14-16/h7,9-11,13,18-19H,2,5-6H2,1,3-4H3,(H2,15,16,20);6,8-10,12,18-19H,1,4-5H2,2-3H3,(H2,15,16,20);6,8-11,17-18H,1,4-5H2,2-3H3,(H3,14,15,16,19);4,6,8,10-12,17-18H,1,5,7H2,2-3H3,(H2,14,15,21);6-7,9-11,17-18H,1,4-5H2,2-3H3,(H2,13,15,19)/t9-,10-,11-,13-;8-,9-,10-,12-;8-,9-,10-,11+;8-,10-,11-,12-;7-,9-,10-,11-/m11111/s1. The molecule has 0 aromatic carbocycles. The molecule has 35 nitrogen and oxygen atoms in total. The van der Waals surface area contributed by atoms with Gasteiger partial charge in [0.1, 0.15) is 90.4 Å². The molecule has 5 saturated heterocycles. The molecule has 0 radical (unpaired) electrons. The fourth-order valence-corrected chi connectivity index (χ4v) is 17.0. The number of nitrogens with two attached hydrogens (primary N) is 5. The van der Waals surface area contributed by atoms with E-state index in [4.69, 9.17) is 64.6 Å². The first-order valence-electron chi connectivity index (χ1n) is 34.0. The van der Waals surface area contributed by atoms with E-state index in [2.05, 4.69) is 133 Å². The molecule has 20 atom stereocenters. The van der Waals surface area contributed by atoms with Gasteiger partial charge in [-0.05, 0) is 177 Å². The van der Waals surface area contributed by atoms with Crippen LogP contribution in [0, 0.1) is 15.3 Å². The lowest BCUT2D eigenvalue weighted by atomic mass is 10.0. The zero-order valence-corrected chi connectivity index (χ0v) is 69.6. The summed E-state index contributed by atoms with van der Waals surface area (Å²) in [5.41, 5.74) is 25.9. The van der Waals surface area contributed by atoms with Gasteiger partial charge in [-0.15, -0.1) is 65.9 Å². The number of nitrogens with one attached hydrogen (secondary N) is 1. The second-order valence-electron chi connectivity index (χ2n) is 30.7. The van der Waals surface area contributed by atoms with E-state index in [9.17, 15) is 70.2 Å². The molecule has 0 bridgehead atoms. The number of nitrogen functional groups attached to an aromatic ring is 5. The van der Waals surface area contributed by atoms with E-state index in [0.29, 0.717) is 47.1 Å². The number of anilines is 5. The van der Waals surface area contributed by atoms with E-state index < -0.39 is 180 Å². The number of aromatic amines is 1. The van der Waals surface area contributed by atoms with Gasteiger partial charge in [-0.2, -0.15) is 24.7 Å². The highest BCUT2D eigenvalue weighted by atomic mass is 127. The minimum atomic E-state index is -1.26. The molecular formula is C65H110IN16O19P5S. The lowest BCUT2D eigenvalue weighted by Gasteiger charge is -2.19. The largest absolute Gasteiger partial charge is 0.388 e. The Kier molecular flexibility index (Phi) is 32.2. The molecule has 0 saturated carbocycles. The van der Waals surface area contributed by atoms with Crippen LogP contribution in [0.4, 0.5) is 29.2 Å². The molecule has 21 N–H and O–H groups in total. The molecule has 10 heterocycles. The van der Waals surface area contributed by atoms with Crippen molar-refractivity contribution in [3.63, 3.8) is 0 Å². The molecule has 0 spiro atoms. The van der Waals surface area contributed by atoms with Crippen molar-refractivity contribution in [1.29, 1.82) is 0 Å². The van der Waals surface area contributed by atoms with Crippen molar-refractivity contribution in [1.82, 2.24) is 53.4 Å². The van der Waals surface area contributed by atoms with Crippen molar-refractivity contribution < 1.29 is 74.7 Å². The summed E-state index contributed by atoms with van der Waals surface area (Å²) in [5, 5.41) is 105. The average Bonchev–Trinajstić information content (AvgIpc) is 1.70. The summed E-state index contributed by atoms with van der Waals surface area (Å²) in [4.78, 5) is 68.5. The normalized spacial score (nSPS) is 29.4. The first-order chi connectivity index (χ1) is 49.3. The number of halogens is 1. The lowest BCUT2D eigenvalue weighted by Crippen LogP contribution is -2.37. The Bertz CT molecular complexity index is 4060. The Balaban J connectivity index is 0.000000209. The first-order valence-corrected chi connectivity index (χ1v) is 50.8. The summed E-state index contributed by atoms with van der Waals surface area (Å²) in [5.74, 6) is 0.579. The minimum absolute atomic E-state index is 0.00283. The van der Waals surface area contributed by atoms with E-state index in [0.717, 1.165) is 35.5 Å². The minimum Gasteiger partial charge on any atom is -0.388 e. The second-order valence-corrected chi connectivity index (χ2v) is 53.8. The van der Waals surface area contributed by atoms with Crippen molar-refractivity contribution in [2.45, 2.75) is 162 Å². The van der Waals surface area contributed by atoms with E-state index in [1.54, 1.807) is 19.2 Å². The molecule has 5 aliphatic heterocycles. The van der Waals surface area contributed by atoms with Crippen molar-refractivity contribution in [3.05, 3.63) is 98.3 Å². The summed E-state index contributed by atoms with van der Waals surface area (Å²) in [6.07, 6.45) is 16.8. The molecule has 107 heavy (non-hydrogen) atoms. The van der Waals surface area contributed by atoms with Gasteiger partial charge in [-0.1, -0.05) is 0 Å². The molecule has 5 aromatic rings. The van der Waals surface area contributed by atoms with Gasteiger partial charge in [0.25, 0.3) is 5.56 Å². The molecule has 10 rings (SSSR count). The fraction of sp³-hybridized carbons (Fsp3) is 0.631. The number of nitrogens with zero attached hydrogens (tertiary/aromatic N) is 10. The van der Waals surface area contributed by atoms with Crippen LogP contribution in [0.25, 0.3) is 0 Å². The lowest BCUT2D eigenvalue weighted by molar-refractivity contribution is -0.0483. The molecule has 0 amide bonds. The molecule has 0 unspecified atom stereocenters. The van der Waals surface area contributed by atoms with Gasteiger partial charge in [-0.3, -0.25) is 23.5 Å². The maximum atomic E-state index is 11.9. The van der Waals surface area contributed by atoms with Gasteiger partial charge in [0.2, 0.25) is 4.77 Å². The van der Waals surface area contributed by atoms with Crippen molar-refractivity contribution in [3.8, 4) is 0 Å². The van der Waals surface area contributed by atoms with Crippen molar-refractivity contribution in [2.75, 3.05) is 126 Å². The summed E-state index contributed by atoms with van der Waals surface area (Å²) >= 11 is 7.07. The van der Waals surface area contributed by atoms with Gasteiger partial charge in [-0.25, -0.2) is 24.4 Å². The summed E-state index contributed by atoms with van der Waals surface area (Å²) in [6.45, 7) is 16.5. The number of aliphatic hydroxyl groups excluding tert-OH is 10. The maximum Gasteiger partial charge on any atom is 0.368 e. The Morgan fingerprint density at radius 1 is 0.477 bits per heavy atom. The Hall–Kier alpha value is -4.62. The molecule has 5 aliphatic rings. The third-order valence-corrected chi connectivity index (χ3v) is 26.2. The fourth-order valence-electron chi connectivity index (χ4n) is 11.6. The molecular weight excluding hydrogens is 1620 g/mol. The highest BCUT2D eigenvalue weighted by Gasteiger charge is 2.49. The highest BCUT2D eigenvalue weighted by molar-refractivity contribution is 14.1. The summed E-state index contributed by atoms with van der Waals surface area (Å²) in [6, 6.07) is 1.58. The molecule has 5 fully saturated rings. The topological polar surface area (TPSA) is 560 Å². The van der Waals surface area contributed by atoms with Crippen LogP contribution in [-0.2, 0) is 23.7 Å². The smallest absolute Gasteiger partial charge is 0.368 e. The average molecular weight is 1730 g/mol. The number of ether oxygens (including phenoxy) is 5. The molecule has 5 aromatic heterocycles. The van der Waals surface area contributed by atoms with Crippen molar-refractivity contribution in [2.24, 2.45) is 0 Å². The molecule has 42 heteroatoms. The third-order valence-electron chi connectivity index (χ3n) is 17.7. The van der Waals surface area contributed by atoms with Crippen LogP contribution >= 0.6 is 69.2 Å². The van der Waals surface area contributed by atoms with Gasteiger partial charge in [0.15, 0.2) is 30.9 Å². The zero-order valence-electron chi connectivity index (χ0n) is 62.1. The van der Waals surface area contributed by atoms with Crippen LogP contribution in [0.3, 0.4) is 0 Å². The van der Waals surface area contributed by atoms with Crippen LogP contribution in [0.2, 0.25) is 0 Å². The predicted octanol–water partition coefficient (Wildman–Crippen LogP) is -0.534. The van der Waals surface area contributed by atoms with Crippen LogP contribution in [0.5, 0.6) is 0 Å². The van der Waals surface area contributed by atoms with Crippen LogP contribution < -0.4 is 51.3 Å². The Morgan fingerprint density at radius 2 is 0.841 bits per heavy atom. The van der Waals surface area contributed by atoms with E-state index >= 15 is 0 Å². The number of aliphatic hydroxyl groups is 10. The Morgan fingerprint density at radius 3 is 1.23 bits per heavy atom. The first kappa shape index (κ1) is 91.3. The van der Waals surface area contributed by atoms with Gasteiger partial charge in [0.05, 0.1) is 45.9 Å². The van der Waals surface area contributed by atoms with E-state index in [-0.39, 0.29) is 33.7 Å². The number of hydrogen-bond donors (Lipinski definition) is 16. The summed E-state index contributed by atoms with van der Waals surface area (Å²) in [7, 11) is 0. The SMILES string of the molecule is C=P(C)(C)CC[C@H]1O[C@@H](c2cnc(N)[nH]c2=O)[C@H](O)[C@@H]1O.C=P(C)(C)CC[C@H]1O[C@@H](n2cc(C)c(N)nc2=O)[C@H](O)[C@@H]1O.C=P(C)(C)CC[C@H]1O[C@@H](n2cc(I)c(N)nc2=O)[C@H](O)[C@@H]1O.C=P(C)(C)CC[C@H]1O[C@@H](n2ccc(N)nc2=S)[C@H](O)[C@@H]1O.C=P(C)(C)CC[C@H]1O[C@@H](n2ncc(N)nc2=O)[C@H](O)[C@@H]1O. The maximum absolute atomic E-state index is 11.9. The van der Waals surface area contributed by atoms with E-state index in [1.807, 2.05) is 22.6 Å². The van der Waals surface area contributed by atoms with E-state index in [1.165, 1.54) is 38.5 Å². The highest BCUT2D eigenvalue weighted by Crippen LogP contribution is 2.44. The quantitative estimate of drug-likeness (QED) is 0.0264. The van der Waals surface area contributed by atoms with Crippen LogP contribution in [0.1, 0.15) is 74.2 Å². The van der Waals surface area contributed by atoms with Gasteiger partial charge in [0, 0.05) is 30.4 Å². The van der Waals surface area contributed by atoms with Crippen LogP contribution in [-0.4, -0.2) is 325 Å². The second kappa shape index (κ2) is 37.8. The number of hydrogen-bond acceptors (Lipinski definition) is 31. The van der Waals surface area contributed by atoms with Gasteiger partial charge < -0.3 is 103 Å². The van der Waals surface area contributed by atoms with Gasteiger partial charge >= 0.3 is 17.1 Å². The monoisotopic (exact) mass is 1730 g/mol. The Labute approximate surface area is 640 Å². The van der Waals surface area contributed by atoms with Crippen LogP contribution in [0.15, 0.2) is 56.2 Å². The molecule has 602 valence electrons. The summed E-state index contributed by atoms with van der Waals surface area (Å²) < 4.78 is 34.1. The third kappa shape index (κ3) is 26.0. The zero-order chi connectivity index (χ0) is 80.7.